The van der Waals surface area contributed by atoms with Crippen LogP contribution in [0.5, 0.6) is 0 Å². The Balaban J connectivity index is 2.00. The number of fused-ring (bicyclic) bond motifs is 1. The Labute approximate surface area is 144 Å². The molecule has 0 bridgehead atoms. The lowest BCUT2D eigenvalue weighted by molar-refractivity contribution is -0.131. The number of carbonyl (C=O) groups is 1. The van der Waals surface area contributed by atoms with Gasteiger partial charge in [0.05, 0.1) is 11.0 Å². The van der Waals surface area contributed by atoms with Crippen molar-refractivity contribution in [3.63, 3.8) is 0 Å². The largest absolute Gasteiger partial charge is 0.337 e. The molecule has 0 aliphatic carbocycles. The van der Waals surface area contributed by atoms with Crippen LogP contribution in [0.3, 0.4) is 0 Å². The average molecular weight is 327 g/mol. The normalized spacial score (nSPS) is 20.1. The number of likely N-dealkylation sites (tertiary alicyclic amines) is 1. The number of amides is 1. The van der Waals surface area contributed by atoms with Crippen molar-refractivity contribution in [3.8, 4) is 0 Å². The predicted molar refractivity (Wildman–Crippen MR) is 98.0 cm³/mol. The number of rotatable bonds is 4. The highest BCUT2D eigenvalue weighted by Gasteiger charge is 2.39. The summed E-state index contributed by atoms with van der Waals surface area (Å²) in [6.45, 7) is 12.6. The lowest BCUT2D eigenvalue weighted by atomic mass is 10.1. The molecule has 2 heterocycles. The zero-order valence-electron chi connectivity index (χ0n) is 15.5. The molecule has 1 aromatic carbocycles. The van der Waals surface area contributed by atoms with E-state index >= 15 is 0 Å². The van der Waals surface area contributed by atoms with Crippen LogP contribution in [0.15, 0.2) is 24.3 Å². The van der Waals surface area contributed by atoms with Crippen LogP contribution in [0.25, 0.3) is 11.0 Å². The molecule has 2 unspecified atom stereocenters. The summed E-state index contributed by atoms with van der Waals surface area (Å²) in [7, 11) is 0. The van der Waals surface area contributed by atoms with Gasteiger partial charge in [0.2, 0.25) is 5.91 Å². The third-order valence-corrected chi connectivity index (χ3v) is 5.18. The summed E-state index contributed by atoms with van der Waals surface area (Å²) in [5.74, 6) is 2.11. The zero-order valence-corrected chi connectivity index (χ0v) is 15.5. The SMILES string of the molecule is CCC(C)Cn1c(C2CC(=O)N(C(C)(C)C)C2)nc2ccccc21. The molecule has 1 amide bonds. The zero-order chi connectivity index (χ0) is 17.5. The highest BCUT2D eigenvalue weighted by atomic mass is 16.2. The summed E-state index contributed by atoms with van der Waals surface area (Å²) in [5, 5.41) is 0. The number of hydrogen-bond donors (Lipinski definition) is 0. The fourth-order valence-corrected chi connectivity index (χ4v) is 3.57. The maximum absolute atomic E-state index is 12.5. The van der Waals surface area contributed by atoms with Gasteiger partial charge in [0.15, 0.2) is 0 Å². The van der Waals surface area contributed by atoms with Crippen molar-refractivity contribution >= 4 is 16.9 Å². The predicted octanol–water partition coefficient (Wildman–Crippen LogP) is 4.20. The summed E-state index contributed by atoms with van der Waals surface area (Å²) in [6, 6.07) is 8.33. The fraction of sp³-hybridized carbons (Fsp3) is 0.600. The molecule has 2 aromatic rings. The Hall–Kier alpha value is -1.84. The molecule has 0 radical (unpaired) electrons. The monoisotopic (exact) mass is 327 g/mol. The molecular weight excluding hydrogens is 298 g/mol. The van der Waals surface area contributed by atoms with Crippen LogP contribution in [0.2, 0.25) is 0 Å². The highest BCUT2D eigenvalue weighted by molar-refractivity contribution is 5.81. The van der Waals surface area contributed by atoms with Gasteiger partial charge in [-0.05, 0) is 38.8 Å². The van der Waals surface area contributed by atoms with Crippen molar-refractivity contribution in [2.75, 3.05) is 6.54 Å². The van der Waals surface area contributed by atoms with E-state index in [-0.39, 0.29) is 17.4 Å². The van der Waals surface area contributed by atoms with E-state index in [1.54, 1.807) is 0 Å². The number of imidazole rings is 1. The molecule has 0 N–H and O–H groups in total. The van der Waals surface area contributed by atoms with Crippen LogP contribution in [0.1, 0.15) is 59.2 Å². The van der Waals surface area contributed by atoms with Crippen molar-refractivity contribution in [3.05, 3.63) is 30.1 Å². The van der Waals surface area contributed by atoms with Crippen LogP contribution in [-0.2, 0) is 11.3 Å². The van der Waals surface area contributed by atoms with Gasteiger partial charge in [-0.2, -0.15) is 0 Å². The van der Waals surface area contributed by atoms with Gasteiger partial charge in [-0.15, -0.1) is 0 Å². The molecule has 0 spiro atoms. The Morgan fingerprint density at radius 3 is 2.62 bits per heavy atom. The topological polar surface area (TPSA) is 38.1 Å². The van der Waals surface area contributed by atoms with E-state index in [2.05, 4.69) is 57.4 Å². The lowest BCUT2D eigenvalue weighted by Gasteiger charge is -2.32. The van der Waals surface area contributed by atoms with Crippen molar-refractivity contribution in [1.29, 1.82) is 0 Å². The van der Waals surface area contributed by atoms with Gasteiger partial charge in [-0.1, -0.05) is 32.4 Å². The van der Waals surface area contributed by atoms with E-state index in [0.717, 1.165) is 30.9 Å². The molecule has 4 heteroatoms. The lowest BCUT2D eigenvalue weighted by Crippen LogP contribution is -2.42. The summed E-state index contributed by atoms with van der Waals surface area (Å²) in [6.07, 6.45) is 1.71. The Morgan fingerprint density at radius 2 is 2.00 bits per heavy atom. The molecule has 1 aliphatic heterocycles. The molecule has 0 saturated carbocycles. The van der Waals surface area contributed by atoms with Crippen LogP contribution in [-0.4, -0.2) is 32.4 Å². The Bertz CT molecular complexity index is 741. The minimum atomic E-state index is -0.126. The van der Waals surface area contributed by atoms with Gasteiger partial charge in [0.25, 0.3) is 0 Å². The van der Waals surface area contributed by atoms with Crippen LogP contribution in [0.4, 0.5) is 0 Å². The van der Waals surface area contributed by atoms with Crippen molar-refractivity contribution in [2.45, 2.75) is 65.5 Å². The Kier molecular flexibility index (Phi) is 4.41. The molecule has 4 nitrogen and oxygen atoms in total. The van der Waals surface area contributed by atoms with Crippen LogP contribution in [0, 0.1) is 5.92 Å². The first-order chi connectivity index (χ1) is 11.3. The maximum atomic E-state index is 12.5. The molecule has 1 fully saturated rings. The minimum Gasteiger partial charge on any atom is -0.337 e. The number of benzene rings is 1. The first-order valence-corrected chi connectivity index (χ1v) is 9.07. The summed E-state index contributed by atoms with van der Waals surface area (Å²) < 4.78 is 2.35. The van der Waals surface area contributed by atoms with Gasteiger partial charge in [0, 0.05) is 31.0 Å². The van der Waals surface area contributed by atoms with Gasteiger partial charge >= 0.3 is 0 Å². The molecule has 1 aliphatic rings. The Morgan fingerprint density at radius 1 is 1.29 bits per heavy atom. The summed E-state index contributed by atoms with van der Waals surface area (Å²) in [4.78, 5) is 19.4. The van der Waals surface area contributed by atoms with E-state index < -0.39 is 0 Å². The average Bonchev–Trinajstić information content (AvgIpc) is 3.08. The highest BCUT2D eigenvalue weighted by Crippen LogP contribution is 2.34. The first kappa shape index (κ1) is 17.0. The van der Waals surface area contributed by atoms with Crippen LogP contribution >= 0.6 is 0 Å². The number of carbonyl (C=O) groups excluding carboxylic acids is 1. The fourth-order valence-electron chi connectivity index (χ4n) is 3.57. The minimum absolute atomic E-state index is 0.126. The van der Waals surface area contributed by atoms with E-state index in [1.165, 1.54) is 5.52 Å². The van der Waals surface area contributed by atoms with Crippen LogP contribution < -0.4 is 0 Å². The quantitative estimate of drug-likeness (QED) is 0.844. The second-order valence-electron chi connectivity index (χ2n) is 8.16. The van der Waals surface area contributed by atoms with Gasteiger partial charge < -0.3 is 9.47 Å². The second kappa shape index (κ2) is 6.23. The van der Waals surface area contributed by atoms with E-state index in [1.807, 2.05) is 11.0 Å². The standard InChI is InChI=1S/C20H29N3O/c1-6-14(2)12-22-17-10-8-7-9-16(17)21-19(22)15-11-18(24)23(13-15)20(3,4)5/h7-10,14-15H,6,11-13H2,1-5H3. The number of aromatic nitrogens is 2. The van der Waals surface area contributed by atoms with Crippen molar-refractivity contribution < 1.29 is 4.79 Å². The van der Waals surface area contributed by atoms with Gasteiger partial charge in [0.1, 0.15) is 5.82 Å². The van der Waals surface area contributed by atoms with E-state index in [9.17, 15) is 4.79 Å². The molecular formula is C20H29N3O. The number of para-hydroxylation sites is 2. The number of nitrogens with zero attached hydrogens (tertiary/aromatic N) is 3. The van der Waals surface area contributed by atoms with Crippen molar-refractivity contribution in [2.24, 2.45) is 5.92 Å². The van der Waals surface area contributed by atoms with E-state index in [0.29, 0.717) is 12.3 Å². The van der Waals surface area contributed by atoms with Gasteiger partial charge in [-0.3, -0.25) is 4.79 Å². The van der Waals surface area contributed by atoms with Crippen molar-refractivity contribution in [1.82, 2.24) is 14.5 Å². The van der Waals surface area contributed by atoms with E-state index in [4.69, 9.17) is 4.98 Å². The molecule has 24 heavy (non-hydrogen) atoms. The molecule has 2 atom stereocenters. The summed E-state index contributed by atoms with van der Waals surface area (Å²) >= 11 is 0. The third kappa shape index (κ3) is 3.06. The summed E-state index contributed by atoms with van der Waals surface area (Å²) in [5.41, 5.74) is 2.10. The third-order valence-electron chi connectivity index (χ3n) is 5.18. The molecule has 1 saturated heterocycles. The molecule has 1 aromatic heterocycles. The first-order valence-electron chi connectivity index (χ1n) is 9.07. The number of hydrogen-bond acceptors (Lipinski definition) is 2. The second-order valence-corrected chi connectivity index (χ2v) is 8.16. The van der Waals surface area contributed by atoms with Gasteiger partial charge in [-0.25, -0.2) is 4.98 Å². The molecule has 130 valence electrons. The molecule has 3 rings (SSSR count). The smallest absolute Gasteiger partial charge is 0.223 e. The maximum Gasteiger partial charge on any atom is 0.223 e.